The van der Waals surface area contributed by atoms with Gasteiger partial charge in [-0.3, -0.25) is 0 Å². The van der Waals surface area contributed by atoms with Gasteiger partial charge in [0.25, 0.3) is 0 Å². The van der Waals surface area contributed by atoms with Crippen LogP contribution in [0.25, 0.3) is 0 Å². The van der Waals surface area contributed by atoms with E-state index in [2.05, 4.69) is 58.0 Å². The summed E-state index contributed by atoms with van der Waals surface area (Å²) in [5.74, 6) is 1.07. The van der Waals surface area contributed by atoms with Crippen LogP contribution in [0.3, 0.4) is 0 Å². The van der Waals surface area contributed by atoms with E-state index in [0.717, 1.165) is 36.3 Å². The van der Waals surface area contributed by atoms with Crippen LogP contribution in [0.15, 0.2) is 30.3 Å². The SMILES string of the molecule is Cc1c(C)c2c(c(C)c1N)CC(C)(CCc1ccccc1)O2. The van der Waals surface area contributed by atoms with Gasteiger partial charge in [0.1, 0.15) is 11.4 Å². The van der Waals surface area contributed by atoms with Crippen molar-refractivity contribution in [1.29, 1.82) is 0 Å². The Kier molecular flexibility index (Phi) is 3.64. The first-order valence-electron chi connectivity index (χ1n) is 8.02. The largest absolute Gasteiger partial charge is 0.487 e. The summed E-state index contributed by atoms with van der Waals surface area (Å²) < 4.78 is 6.41. The first-order chi connectivity index (χ1) is 10.4. The molecule has 3 rings (SSSR count). The summed E-state index contributed by atoms with van der Waals surface area (Å²) in [6, 6.07) is 10.6. The van der Waals surface area contributed by atoms with Gasteiger partial charge in [0.05, 0.1) is 0 Å². The van der Waals surface area contributed by atoms with Gasteiger partial charge in [0.15, 0.2) is 0 Å². The molecule has 0 aliphatic carbocycles. The molecule has 0 fully saturated rings. The van der Waals surface area contributed by atoms with Crippen molar-refractivity contribution in [2.75, 3.05) is 5.73 Å². The van der Waals surface area contributed by atoms with Gasteiger partial charge in [-0.2, -0.15) is 0 Å². The predicted octanol–water partition coefficient (Wildman–Crippen LogP) is 4.52. The summed E-state index contributed by atoms with van der Waals surface area (Å²) in [6.45, 7) is 8.54. The molecule has 2 aromatic carbocycles. The standard InChI is InChI=1S/C20H25NO/c1-13-14(2)19-17(15(3)18(13)21)12-20(4,22-19)11-10-16-8-6-5-7-9-16/h5-9H,10-12,21H2,1-4H3. The lowest BCUT2D eigenvalue weighted by molar-refractivity contribution is 0.105. The van der Waals surface area contributed by atoms with Crippen LogP contribution in [0.4, 0.5) is 5.69 Å². The molecule has 2 aromatic rings. The molecule has 0 radical (unpaired) electrons. The second kappa shape index (κ2) is 5.35. The van der Waals surface area contributed by atoms with E-state index in [1.807, 2.05) is 0 Å². The van der Waals surface area contributed by atoms with Crippen molar-refractivity contribution in [3.8, 4) is 5.75 Å². The second-order valence-corrected chi connectivity index (χ2v) is 6.81. The van der Waals surface area contributed by atoms with Crippen molar-refractivity contribution in [2.24, 2.45) is 0 Å². The number of aryl methyl sites for hydroxylation is 1. The van der Waals surface area contributed by atoms with E-state index >= 15 is 0 Å². The number of rotatable bonds is 3. The monoisotopic (exact) mass is 295 g/mol. The third kappa shape index (κ3) is 2.47. The molecule has 1 atom stereocenters. The molecular formula is C20H25NO. The van der Waals surface area contributed by atoms with E-state index in [1.165, 1.54) is 22.3 Å². The molecule has 1 unspecified atom stereocenters. The topological polar surface area (TPSA) is 35.2 Å². The number of anilines is 1. The second-order valence-electron chi connectivity index (χ2n) is 6.81. The zero-order valence-corrected chi connectivity index (χ0v) is 14.0. The minimum absolute atomic E-state index is 0.131. The van der Waals surface area contributed by atoms with E-state index in [1.54, 1.807) is 0 Å². The van der Waals surface area contributed by atoms with Gasteiger partial charge in [0, 0.05) is 17.7 Å². The fourth-order valence-corrected chi connectivity index (χ4v) is 3.41. The van der Waals surface area contributed by atoms with Gasteiger partial charge < -0.3 is 10.5 Å². The average molecular weight is 295 g/mol. The predicted molar refractivity (Wildman–Crippen MR) is 92.6 cm³/mol. The van der Waals surface area contributed by atoms with Crippen LogP contribution < -0.4 is 10.5 Å². The highest BCUT2D eigenvalue weighted by Gasteiger charge is 2.37. The number of hydrogen-bond acceptors (Lipinski definition) is 2. The number of benzene rings is 2. The quantitative estimate of drug-likeness (QED) is 0.845. The Hall–Kier alpha value is -1.96. The summed E-state index contributed by atoms with van der Waals surface area (Å²) in [5, 5.41) is 0. The molecule has 0 amide bonds. The molecule has 116 valence electrons. The molecule has 2 heteroatoms. The summed E-state index contributed by atoms with van der Waals surface area (Å²) in [6.07, 6.45) is 3.01. The Morgan fingerprint density at radius 1 is 1.05 bits per heavy atom. The van der Waals surface area contributed by atoms with Crippen molar-refractivity contribution in [3.63, 3.8) is 0 Å². The van der Waals surface area contributed by atoms with Crippen molar-refractivity contribution in [2.45, 2.75) is 52.6 Å². The normalized spacial score (nSPS) is 19.8. The molecule has 22 heavy (non-hydrogen) atoms. The minimum Gasteiger partial charge on any atom is -0.487 e. The molecule has 0 spiro atoms. The smallest absolute Gasteiger partial charge is 0.127 e. The summed E-state index contributed by atoms with van der Waals surface area (Å²) in [5.41, 5.74) is 13.3. The number of nitrogen functional groups attached to an aromatic ring is 1. The van der Waals surface area contributed by atoms with E-state index in [-0.39, 0.29) is 5.60 Å². The number of nitrogens with two attached hydrogens (primary N) is 1. The van der Waals surface area contributed by atoms with Crippen molar-refractivity contribution in [1.82, 2.24) is 0 Å². The Balaban J connectivity index is 1.84. The molecule has 0 bridgehead atoms. The molecule has 1 heterocycles. The third-order valence-corrected chi connectivity index (χ3v) is 5.12. The number of ether oxygens (including phenoxy) is 1. The fourth-order valence-electron chi connectivity index (χ4n) is 3.41. The maximum atomic E-state index is 6.41. The van der Waals surface area contributed by atoms with Gasteiger partial charge in [-0.15, -0.1) is 0 Å². The molecule has 0 saturated heterocycles. The van der Waals surface area contributed by atoms with Crippen LogP contribution in [0.1, 0.15) is 41.2 Å². The zero-order valence-electron chi connectivity index (χ0n) is 14.0. The molecule has 1 aliphatic rings. The van der Waals surface area contributed by atoms with Crippen molar-refractivity contribution < 1.29 is 4.74 Å². The van der Waals surface area contributed by atoms with Gasteiger partial charge >= 0.3 is 0 Å². The Morgan fingerprint density at radius 2 is 1.73 bits per heavy atom. The molecule has 0 aromatic heterocycles. The van der Waals surface area contributed by atoms with Crippen LogP contribution in [-0.4, -0.2) is 5.60 Å². The van der Waals surface area contributed by atoms with E-state index in [9.17, 15) is 0 Å². The fraction of sp³-hybridized carbons (Fsp3) is 0.400. The zero-order chi connectivity index (χ0) is 15.9. The Morgan fingerprint density at radius 3 is 2.41 bits per heavy atom. The molecule has 2 N–H and O–H groups in total. The van der Waals surface area contributed by atoms with Gasteiger partial charge in [-0.25, -0.2) is 0 Å². The highest BCUT2D eigenvalue weighted by molar-refractivity contribution is 5.66. The van der Waals surface area contributed by atoms with Crippen LogP contribution in [0, 0.1) is 20.8 Å². The lowest BCUT2D eigenvalue weighted by atomic mass is 9.89. The molecule has 1 aliphatic heterocycles. The summed E-state index contributed by atoms with van der Waals surface area (Å²) in [4.78, 5) is 0. The highest BCUT2D eigenvalue weighted by atomic mass is 16.5. The summed E-state index contributed by atoms with van der Waals surface area (Å²) in [7, 11) is 0. The van der Waals surface area contributed by atoms with Crippen molar-refractivity contribution in [3.05, 3.63) is 58.1 Å². The summed E-state index contributed by atoms with van der Waals surface area (Å²) >= 11 is 0. The van der Waals surface area contributed by atoms with E-state index in [0.29, 0.717) is 0 Å². The number of hydrogen-bond donors (Lipinski definition) is 1. The van der Waals surface area contributed by atoms with Gasteiger partial charge in [-0.05, 0) is 62.8 Å². The van der Waals surface area contributed by atoms with Crippen LogP contribution >= 0.6 is 0 Å². The lowest BCUT2D eigenvalue weighted by Crippen LogP contribution is -2.30. The Labute approximate surface area is 133 Å². The maximum absolute atomic E-state index is 6.41. The van der Waals surface area contributed by atoms with Crippen LogP contribution in [0.2, 0.25) is 0 Å². The van der Waals surface area contributed by atoms with Gasteiger partial charge in [-0.1, -0.05) is 30.3 Å². The van der Waals surface area contributed by atoms with Gasteiger partial charge in [0.2, 0.25) is 0 Å². The first-order valence-corrected chi connectivity index (χ1v) is 8.02. The van der Waals surface area contributed by atoms with Crippen LogP contribution in [0.5, 0.6) is 5.75 Å². The highest BCUT2D eigenvalue weighted by Crippen LogP contribution is 2.44. The minimum atomic E-state index is -0.131. The molecular weight excluding hydrogens is 270 g/mol. The maximum Gasteiger partial charge on any atom is 0.127 e. The van der Waals surface area contributed by atoms with E-state index < -0.39 is 0 Å². The molecule has 0 saturated carbocycles. The average Bonchev–Trinajstić information content (AvgIpc) is 2.89. The number of fused-ring (bicyclic) bond motifs is 1. The van der Waals surface area contributed by atoms with E-state index in [4.69, 9.17) is 10.5 Å². The van der Waals surface area contributed by atoms with Crippen molar-refractivity contribution >= 4 is 5.69 Å². The Bertz CT molecular complexity index is 667. The first kappa shape index (κ1) is 15.0. The van der Waals surface area contributed by atoms with Crippen LogP contribution in [-0.2, 0) is 12.8 Å². The molecule has 2 nitrogen and oxygen atoms in total. The lowest BCUT2D eigenvalue weighted by Gasteiger charge is -2.24. The third-order valence-electron chi connectivity index (χ3n) is 5.12.